The van der Waals surface area contributed by atoms with Crippen molar-refractivity contribution in [2.24, 2.45) is 10.9 Å². The van der Waals surface area contributed by atoms with E-state index in [0.29, 0.717) is 12.5 Å². The van der Waals surface area contributed by atoms with Crippen molar-refractivity contribution in [3.63, 3.8) is 0 Å². The summed E-state index contributed by atoms with van der Waals surface area (Å²) in [6.45, 7) is 2.28. The number of nitrogens with zero attached hydrogens (tertiary/aromatic N) is 5. The summed E-state index contributed by atoms with van der Waals surface area (Å²) in [4.78, 5) is 23.0. The van der Waals surface area contributed by atoms with E-state index in [-0.39, 0.29) is 12.0 Å². The summed E-state index contributed by atoms with van der Waals surface area (Å²) in [6, 6.07) is 8.42. The molecule has 154 valence electrons. The zero-order valence-electron chi connectivity index (χ0n) is 16.9. The van der Waals surface area contributed by atoms with E-state index in [1.54, 1.807) is 18.1 Å². The second-order valence-electron chi connectivity index (χ2n) is 7.83. The van der Waals surface area contributed by atoms with Crippen molar-refractivity contribution in [1.29, 1.82) is 0 Å². The van der Waals surface area contributed by atoms with Gasteiger partial charge in [0.15, 0.2) is 5.96 Å². The lowest BCUT2D eigenvalue weighted by atomic mass is 10.1. The molecule has 2 aliphatic rings. The molecule has 1 aliphatic carbocycles. The fraction of sp³-hybridized carbons (Fsp3) is 0.524. The maximum Gasteiger partial charge on any atom is 0.225 e. The number of guanidine groups is 1. The van der Waals surface area contributed by atoms with Crippen molar-refractivity contribution < 1.29 is 4.79 Å². The van der Waals surface area contributed by atoms with Crippen LogP contribution in [-0.4, -0.2) is 57.7 Å². The van der Waals surface area contributed by atoms with Gasteiger partial charge in [-0.15, -0.1) is 0 Å². The number of hydrogen-bond donors (Lipinski definition) is 2. The van der Waals surface area contributed by atoms with Gasteiger partial charge in [-0.2, -0.15) is 5.10 Å². The quantitative estimate of drug-likeness (QED) is 0.595. The van der Waals surface area contributed by atoms with Gasteiger partial charge in [-0.05, 0) is 37.0 Å². The van der Waals surface area contributed by atoms with Gasteiger partial charge in [0.05, 0.1) is 5.69 Å². The van der Waals surface area contributed by atoms with Crippen molar-refractivity contribution in [2.45, 2.75) is 44.7 Å². The molecule has 1 atom stereocenters. The SMILES string of the molecule is CN=C(NCc1ccc(-n2cncn2)cc1)NC1CCN(C(=O)C2CCCC2)C1. The molecule has 0 spiro atoms. The number of likely N-dealkylation sites (tertiary alicyclic amines) is 1. The second-order valence-corrected chi connectivity index (χ2v) is 7.83. The molecule has 1 saturated heterocycles. The minimum absolute atomic E-state index is 0.251. The van der Waals surface area contributed by atoms with Crippen LogP contribution in [-0.2, 0) is 11.3 Å². The summed E-state index contributed by atoms with van der Waals surface area (Å²) < 4.78 is 1.73. The van der Waals surface area contributed by atoms with Crippen LogP contribution in [0.25, 0.3) is 5.69 Å². The van der Waals surface area contributed by atoms with Gasteiger partial charge in [0.2, 0.25) is 5.91 Å². The number of amides is 1. The first-order chi connectivity index (χ1) is 14.2. The highest BCUT2D eigenvalue weighted by Crippen LogP contribution is 2.27. The number of nitrogens with one attached hydrogen (secondary N) is 2. The average Bonchev–Trinajstić information content (AvgIpc) is 3.53. The number of hydrogen-bond acceptors (Lipinski definition) is 4. The minimum atomic E-state index is 0.251. The molecule has 1 unspecified atom stereocenters. The second kappa shape index (κ2) is 9.07. The topological polar surface area (TPSA) is 87.4 Å². The fourth-order valence-electron chi connectivity index (χ4n) is 4.19. The Kier molecular flexibility index (Phi) is 6.07. The van der Waals surface area contributed by atoms with Crippen LogP contribution < -0.4 is 10.6 Å². The van der Waals surface area contributed by atoms with E-state index in [0.717, 1.165) is 49.6 Å². The van der Waals surface area contributed by atoms with E-state index in [4.69, 9.17) is 0 Å². The first kappa shape index (κ1) is 19.4. The van der Waals surface area contributed by atoms with Gasteiger partial charge in [-0.25, -0.2) is 9.67 Å². The number of carbonyl (C=O) groups is 1. The molecule has 2 aromatic rings. The lowest BCUT2D eigenvalue weighted by molar-refractivity contribution is -0.134. The van der Waals surface area contributed by atoms with Crippen LogP contribution in [0.2, 0.25) is 0 Å². The Morgan fingerprint density at radius 3 is 2.69 bits per heavy atom. The maximum absolute atomic E-state index is 12.6. The van der Waals surface area contributed by atoms with Gasteiger partial charge in [0.25, 0.3) is 0 Å². The zero-order chi connectivity index (χ0) is 20.1. The van der Waals surface area contributed by atoms with E-state index < -0.39 is 0 Å². The third kappa shape index (κ3) is 4.75. The van der Waals surface area contributed by atoms with Crippen molar-refractivity contribution >= 4 is 11.9 Å². The summed E-state index contributed by atoms with van der Waals surface area (Å²) in [6.07, 6.45) is 8.69. The average molecular weight is 396 g/mol. The monoisotopic (exact) mass is 395 g/mol. The number of rotatable bonds is 5. The molecule has 1 saturated carbocycles. The van der Waals surface area contributed by atoms with Crippen molar-refractivity contribution in [2.75, 3.05) is 20.1 Å². The Hall–Kier alpha value is -2.90. The molecule has 0 radical (unpaired) electrons. The van der Waals surface area contributed by atoms with Gasteiger partial charge in [-0.3, -0.25) is 9.79 Å². The van der Waals surface area contributed by atoms with Crippen molar-refractivity contribution in [3.05, 3.63) is 42.5 Å². The molecule has 1 aliphatic heterocycles. The van der Waals surface area contributed by atoms with Crippen LogP contribution in [0.4, 0.5) is 0 Å². The summed E-state index contributed by atoms with van der Waals surface area (Å²) >= 11 is 0. The third-order valence-electron chi connectivity index (χ3n) is 5.85. The van der Waals surface area contributed by atoms with E-state index in [1.165, 1.54) is 19.2 Å². The molecule has 1 aromatic heterocycles. The van der Waals surface area contributed by atoms with Gasteiger partial charge in [-0.1, -0.05) is 25.0 Å². The maximum atomic E-state index is 12.6. The van der Waals surface area contributed by atoms with Crippen molar-refractivity contribution in [1.82, 2.24) is 30.3 Å². The molecular weight excluding hydrogens is 366 g/mol. The number of aliphatic imine (C=N–C) groups is 1. The van der Waals surface area contributed by atoms with E-state index in [1.807, 2.05) is 17.0 Å². The Bertz CT molecular complexity index is 825. The molecular formula is C21H29N7O. The third-order valence-corrected chi connectivity index (χ3v) is 5.85. The molecule has 0 bridgehead atoms. The molecule has 4 rings (SSSR count). The van der Waals surface area contributed by atoms with Crippen LogP contribution in [0.3, 0.4) is 0 Å². The predicted molar refractivity (Wildman–Crippen MR) is 112 cm³/mol. The number of carbonyl (C=O) groups excluding carboxylic acids is 1. The molecule has 2 heterocycles. The lowest BCUT2D eigenvalue weighted by Crippen LogP contribution is -2.45. The standard InChI is InChI=1S/C21H29N7O/c1-22-21(24-12-16-6-8-19(9-7-16)28-15-23-14-25-28)26-18-10-11-27(13-18)20(29)17-4-2-3-5-17/h6-9,14-15,17-18H,2-5,10-13H2,1H3,(H2,22,24,26). The van der Waals surface area contributed by atoms with E-state index in [9.17, 15) is 4.79 Å². The van der Waals surface area contributed by atoms with Crippen LogP contribution in [0.15, 0.2) is 41.9 Å². The summed E-state index contributed by atoms with van der Waals surface area (Å²) in [5.41, 5.74) is 2.13. The molecule has 1 aromatic carbocycles. The van der Waals surface area contributed by atoms with Crippen molar-refractivity contribution in [3.8, 4) is 5.69 Å². The number of benzene rings is 1. The summed E-state index contributed by atoms with van der Waals surface area (Å²) in [7, 11) is 1.78. The summed E-state index contributed by atoms with van der Waals surface area (Å²) in [5.74, 6) is 1.37. The van der Waals surface area contributed by atoms with E-state index >= 15 is 0 Å². The molecule has 2 fully saturated rings. The zero-order valence-corrected chi connectivity index (χ0v) is 16.9. The minimum Gasteiger partial charge on any atom is -0.352 e. The first-order valence-corrected chi connectivity index (χ1v) is 10.4. The van der Waals surface area contributed by atoms with Crippen LogP contribution in [0, 0.1) is 5.92 Å². The highest BCUT2D eigenvalue weighted by molar-refractivity contribution is 5.81. The molecule has 2 N–H and O–H groups in total. The van der Waals surface area contributed by atoms with Crippen LogP contribution in [0.5, 0.6) is 0 Å². The first-order valence-electron chi connectivity index (χ1n) is 10.4. The van der Waals surface area contributed by atoms with E-state index in [2.05, 4.69) is 37.8 Å². The molecule has 8 nitrogen and oxygen atoms in total. The largest absolute Gasteiger partial charge is 0.352 e. The fourth-order valence-corrected chi connectivity index (χ4v) is 4.19. The van der Waals surface area contributed by atoms with Crippen LogP contribution >= 0.6 is 0 Å². The van der Waals surface area contributed by atoms with Gasteiger partial charge < -0.3 is 15.5 Å². The lowest BCUT2D eigenvalue weighted by Gasteiger charge is -2.21. The molecule has 1 amide bonds. The van der Waals surface area contributed by atoms with Gasteiger partial charge in [0.1, 0.15) is 12.7 Å². The summed E-state index contributed by atoms with van der Waals surface area (Å²) in [5, 5.41) is 11.0. The smallest absolute Gasteiger partial charge is 0.225 e. The molecule has 29 heavy (non-hydrogen) atoms. The van der Waals surface area contributed by atoms with Crippen LogP contribution in [0.1, 0.15) is 37.7 Å². The Morgan fingerprint density at radius 2 is 2.00 bits per heavy atom. The van der Waals surface area contributed by atoms with Gasteiger partial charge >= 0.3 is 0 Å². The Balaban J connectivity index is 1.25. The number of aromatic nitrogens is 3. The highest BCUT2D eigenvalue weighted by Gasteiger charge is 2.32. The predicted octanol–water partition coefficient (Wildman–Crippen LogP) is 1.72. The highest BCUT2D eigenvalue weighted by atomic mass is 16.2. The van der Waals surface area contributed by atoms with Gasteiger partial charge in [0, 0.05) is 38.6 Å². The normalized spacial score (nSPS) is 20.2. The molecule has 8 heteroatoms. The Morgan fingerprint density at radius 1 is 1.21 bits per heavy atom. The Labute approximate surface area is 171 Å².